The fourth-order valence-electron chi connectivity index (χ4n) is 8.17. The molecule has 5 nitrogen and oxygen atoms in total. The normalized spacial score (nSPS) is 30.5. The van der Waals surface area contributed by atoms with Crippen molar-refractivity contribution in [3.63, 3.8) is 0 Å². The maximum absolute atomic E-state index is 2.48. The van der Waals surface area contributed by atoms with Crippen molar-refractivity contribution >= 4 is 0 Å². The van der Waals surface area contributed by atoms with Gasteiger partial charge < -0.3 is 24.5 Å². The van der Waals surface area contributed by atoms with E-state index in [0.29, 0.717) is 0 Å². The summed E-state index contributed by atoms with van der Waals surface area (Å²) in [6.45, 7) is 13.4. The number of hydrogen-bond acceptors (Lipinski definition) is 5. The molecule has 5 heterocycles. The number of fused-ring (bicyclic) bond motifs is 1. The second kappa shape index (κ2) is 19.9. The third kappa shape index (κ3) is 13.8. The van der Waals surface area contributed by atoms with E-state index < -0.39 is 0 Å². The summed E-state index contributed by atoms with van der Waals surface area (Å²) in [6.07, 6.45) is 23.4. The summed E-state index contributed by atoms with van der Waals surface area (Å²) < 4.78 is 0. The zero-order valence-electron chi connectivity index (χ0n) is 27.3. The Hall–Kier alpha value is -0.200. The molecule has 7 rings (SSSR count). The Morgan fingerprint density at radius 3 is 1.05 bits per heavy atom. The van der Waals surface area contributed by atoms with E-state index in [2.05, 4.69) is 59.7 Å². The van der Waals surface area contributed by atoms with E-state index in [1.165, 1.54) is 168 Å². The molecular formula is C35H73N5. The van der Waals surface area contributed by atoms with Gasteiger partial charge in [-0.25, -0.2) is 0 Å². The second-order valence-electron chi connectivity index (χ2n) is 14.6. The Labute approximate surface area is 252 Å². The molecule has 0 bridgehead atoms. The minimum absolute atomic E-state index is 0. The summed E-state index contributed by atoms with van der Waals surface area (Å²) in [6, 6.07) is 0. The number of piperidine rings is 2. The minimum atomic E-state index is 0. The summed E-state index contributed by atoms with van der Waals surface area (Å²) >= 11 is 0. The molecule has 5 heteroatoms. The summed E-state index contributed by atoms with van der Waals surface area (Å²) in [5, 5.41) is 0. The van der Waals surface area contributed by atoms with Gasteiger partial charge in [-0.2, -0.15) is 0 Å². The molecule has 7 aliphatic rings. The molecule has 5 aliphatic heterocycles. The lowest BCUT2D eigenvalue weighted by Crippen LogP contribution is -2.54. The van der Waals surface area contributed by atoms with E-state index in [0.717, 1.165) is 17.3 Å². The van der Waals surface area contributed by atoms with Crippen LogP contribution in [0.3, 0.4) is 0 Å². The zero-order valence-corrected chi connectivity index (χ0v) is 27.3. The quantitative estimate of drug-likeness (QED) is 0.322. The summed E-state index contributed by atoms with van der Waals surface area (Å²) in [7, 11) is 11.0. The van der Waals surface area contributed by atoms with Gasteiger partial charge in [0.25, 0.3) is 0 Å². The second-order valence-corrected chi connectivity index (χ2v) is 14.6. The first-order valence-corrected chi connectivity index (χ1v) is 17.3. The lowest BCUT2D eigenvalue weighted by atomic mass is 9.69. The van der Waals surface area contributed by atoms with E-state index in [9.17, 15) is 0 Å². The summed E-state index contributed by atoms with van der Waals surface area (Å²) in [4.78, 5) is 12.1. The molecule has 2 unspecified atom stereocenters. The fourth-order valence-corrected chi connectivity index (χ4v) is 8.17. The van der Waals surface area contributed by atoms with Gasteiger partial charge in [0.2, 0.25) is 0 Å². The van der Waals surface area contributed by atoms with Gasteiger partial charge in [0.1, 0.15) is 0 Å². The Bertz CT molecular complexity index is 559. The molecule has 1 spiro atoms. The van der Waals surface area contributed by atoms with Gasteiger partial charge in [0.15, 0.2) is 0 Å². The van der Waals surface area contributed by atoms with Crippen LogP contribution in [0.1, 0.15) is 110 Å². The molecule has 40 heavy (non-hydrogen) atoms. The van der Waals surface area contributed by atoms with Gasteiger partial charge in [-0.05, 0) is 156 Å². The van der Waals surface area contributed by atoms with Gasteiger partial charge in [-0.1, -0.05) is 46.0 Å². The molecule has 2 saturated carbocycles. The van der Waals surface area contributed by atoms with Crippen molar-refractivity contribution < 1.29 is 0 Å². The Morgan fingerprint density at radius 2 is 0.750 bits per heavy atom. The van der Waals surface area contributed by atoms with Gasteiger partial charge in [-0.3, -0.25) is 0 Å². The first-order chi connectivity index (χ1) is 18.8. The molecule has 2 atom stereocenters. The number of likely N-dealkylation sites (tertiary alicyclic amines) is 5. The molecule has 0 amide bonds. The average Bonchev–Trinajstić information content (AvgIpc) is 3.65. The smallest absolute Gasteiger partial charge is 0.00474 e. The third-order valence-electron chi connectivity index (χ3n) is 10.5. The molecule has 0 N–H and O–H groups in total. The van der Waals surface area contributed by atoms with Crippen LogP contribution in [-0.4, -0.2) is 125 Å². The average molecular weight is 564 g/mol. The van der Waals surface area contributed by atoms with Crippen molar-refractivity contribution in [2.75, 3.05) is 101 Å². The molecule has 2 aliphatic carbocycles. The Balaban J connectivity index is 0.000000176. The highest BCUT2D eigenvalue weighted by molar-refractivity contribution is 4.94. The Kier molecular flexibility index (Phi) is 17.9. The van der Waals surface area contributed by atoms with Crippen molar-refractivity contribution in [1.29, 1.82) is 0 Å². The standard InChI is InChI=1S/C9H17N.C8H15N.2C6H13N.C5H11N.CH4/c1-10-7-9(8-10)5-3-2-4-6-9;1-9-5-7-3-2-4-8(7)6-9;2*1-7-5-3-2-4-6-7;1-6-4-2-3-5-6;/h2-8H2,1H3;7-8H,2-6H2,1H3;2*2-6H2,1H3;2-5H2,1H3;1H4. The van der Waals surface area contributed by atoms with Crippen LogP contribution in [0.15, 0.2) is 0 Å². The maximum atomic E-state index is 2.48. The van der Waals surface area contributed by atoms with Crippen LogP contribution < -0.4 is 0 Å². The van der Waals surface area contributed by atoms with Crippen molar-refractivity contribution in [2.24, 2.45) is 17.3 Å². The van der Waals surface area contributed by atoms with E-state index in [1.807, 2.05) is 0 Å². The van der Waals surface area contributed by atoms with Crippen molar-refractivity contribution in [3.8, 4) is 0 Å². The van der Waals surface area contributed by atoms with Crippen LogP contribution >= 0.6 is 0 Å². The predicted molar refractivity (Wildman–Crippen MR) is 178 cm³/mol. The highest BCUT2D eigenvalue weighted by Gasteiger charge is 2.41. The van der Waals surface area contributed by atoms with Crippen LogP contribution in [-0.2, 0) is 0 Å². The van der Waals surface area contributed by atoms with Crippen LogP contribution in [0.5, 0.6) is 0 Å². The Morgan fingerprint density at radius 1 is 0.400 bits per heavy atom. The third-order valence-corrected chi connectivity index (χ3v) is 10.5. The van der Waals surface area contributed by atoms with E-state index in [4.69, 9.17) is 0 Å². The van der Waals surface area contributed by atoms with E-state index >= 15 is 0 Å². The number of nitrogens with zero attached hydrogens (tertiary/aromatic N) is 5. The molecule has 0 aromatic rings. The van der Waals surface area contributed by atoms with Gasteiger partial charge in [0, 0.05) is 26.2 Å². The van der Waals surface area contributed by atoms with Gasteiger partial charge >= 0.3 is 0 Å². The molecule has 5 saturated heterocycles. The molecule has 238 valence electrons. The molecule has 0 aromatic carbocycles. The van der Waals surface area contributed by atoms with Crippen molar-refractivity contribution in [2.45, 2.75) is 110 Å². The minimum Gasteiger partial charge on any atom is -0.306 e. The highest BCUT2D eigenvalue weighted by Crippen LogP contribution is 2.42. The van der Waals surface area contributed by atoms with Crippen LogP contribution in [0, 0.1) is 17.3 Å². The van der Waals surface area contributed by atoms with E-state index in [-0.39, 0.29) is 7.43 Å². The van der Waals surface area contributed by atoms with Crippen LogP contribution in [0.4, 0.5) is 0 Å². The maximum Gasteiger partial charge on any atom is 0.00474 e. The number of hydrogen-bond donors (Lipinski definition) is 0. The first kappa shape index (κ1) is 36.0. The number of rotatable bonds is 0. The largest absolute Gasteiger partial charge is 0.306 e. The summed E-state index contributed by atoms with van der Waals surface area (Å²) in [5.74, 6) is 2.16. The molecule has 7 fully saturated rings. The first-order valence-electron chi connectivity index (χ1n) is 17.3. The molecular weight excluding hydrogens is 490 g/mol. The van der Waals surface area contributed by atoms with E-state index in [1.54, 1.807) is 0 Å². The lowest BCUT2D eigenvalue weighted by Gasteiger charge is -2.51. The van der Waals surface area contributed by atoms with Gasteiger partial charge in [-0.15, -0.1) is 0 Å². The van der Waals surface area contributed by atoms with Crippen molar-refractivity contribution in [3.05, 3.63) is 0 Å². The predicted octanol–water partition coefficient (Wildman–Crippen LogP) is 6.78. The van der Waals surface area contributed by atoms with Gasteiger partial charge in [0.05, 0.1) is 0 Å². The highest BCUT2D eigenvalue weighted by atomic mass is 15.2. The molecule has 0 radical (unpaired) electrons. The van der Waals surface area contributed by atoms with Crippen LogP contribution in [0.2, 0.25) is 0 Å². The SMILES string of the molecule is C.CN1CC2(CCCCC2)C1.CN1CC2CCCC2C1.CN1CCCC1.CN1CCCCC1.CN1CCCCC1. The topological polar surface area (TPSA) is 16.2 Å². The monoisotopic (exact) mass is 564 g/mol. The van der Waals surface area contributed by atoms with Crippen molar-refractivity contribution in [1.82, 2.24) is 24.5 Å². The fraction of sp³-hybridized carbons (Fsp3) is 1.00. The lowest BCUT2D eigenvalue weighted by molar-refractivity contribution is -0.00940. The van der Waals surface area contributed by atoms with Crippen LogP contribution in [0.25, 0.3) is 0 Å². The zero-order chi connectivity index (χ0) is 27.9. The summed E-state index contributed by atoms with van der Waals surface area (Å²) in [5.41, 5.74) is 0.799. The molecule has 0 aromatic heterocycles.